The number of aromatic nitrogens is 3. The van der Waals surface area contributed by atoms with Crippen LogP contribution >= 0.6 is 0 Å². The lowest BCUT2D eigenvalue weighted by Gasteiger charge is -2.09. The molecule has 0 unspecified atom stereocenters. The first kappa shape index (κ1) is 20.6. The van der Waals surface area contributed by atoms with Crippen LogP contribution < -0.4 is 10.0 Å². The van der Waals surface area contributed by atoms with Crippen molar-refractivity contribution in [3.05, 3.63) is 70.8 Å². The average Bonchev–Trinajstić information content (AvgIpc) is 3.20. The van der Waals surface area contributed by atoms with Gasteiger partial charge in [0.15, 0.2) is 0 Å². The molecule has 0 bridgehead atoms. The zero-order chi connectivity index (χ0) is 22.3. The van der Waals surface area contributed by atoms with E-state index in [9.17, 15) is 13.2 Å². The first-order chi connectivity index (χ1) is 14.7. The van der Waals surface area contributed by atoms with Crippen molar-refractivity contribution in [2.24, 2.45) is 0 Å². The van der Waals surface area contributed by atoms with Crippen LogP contribution in [-0.2, 0) is 10.0 Å². The predicted octanol–water partition coefficient (Wildman–Crippen LogP) is 3.61. The highest BCUT2D eigenvalue weighted by Gasteiger charge is 2.20. The summed E-state index contributed by atoms with van der Waals surface area (Å²) in [5.74, 6) is -0.259. The maximum absolute atomic E-state index is 12.9. The summed E-state index contributed by atoms with van der Waals surface area (Å²) < 4.78 is 34.4. The molecule has 0 aliphatic rings. The number of benzene rings is 1. The topological polar surface area (TPSA) is 119 Å². The maximum Gasteiger partial charge on any atom is 0.274 e. The lowest BCUT2D eigenvalue weighted by molar-refractivity contribution is 0.102. The van der Waals surface area contributed by atoms with Crippen molar-refractivity contribution in [2.45, 2.75) is 32.6 Å². The minimum absolute atomic E-state index is 0.0283. The van der Waals surface area contributed by atoms with Crippen molar-refractivity contribution in [3.63, 3.8) is 0 Å². The predicted molar refractivity (Wildman–Crippen MR) is 116 cm³/mol. The van der Waals surface area contributed by atoms with Crippen molar-refractivity contribution in [3.8, 4) is 0 Å². The van der Waals surface area contributed by atoms with Crippen LogP contribution in [0, 0.1) is 27.7 Å². The smallest absolute Gasteiger partial charge is 0.274 e. The molecule has 1 aromatic carbocycles. The Kier molecular flexibility index (Phi) is 5.02. The van der Waals surface area contributed by atoms with Crippen LogP contribution in [0.5, 0.6) is 0 Å². The van der Waals surface area contributed by atoms with Crippen LogP contribution in [0.1, 0.15) is 33.0 Å². The summed E-state index contributed by atoms with van der Waals surface area (Å²) in [7, 11) is -3.86. The molecular weight excluding hydrogens is 418 g/mol. The van der Waals surface area contributed by atoms with Gasteiger partial charge in [-0.25, -0.2) is 18.1 Å². The molecule has 1 amide bonds. The summed E-state index contributed by atoms with van der Waals surface area (Å²) in [6.07, 6.45) is 1.85. The van der Waals surface area contributed by atoms with Gasteiger partial charge in [-0.3, -0.25) is 9.20 Å². The fourth-order valence-electron chi connectivity index (χ4n) is 3.14. The third-order valence-electron chi connectivity index (χ3n) is 4.96. The van der Waals surface area contributed by atoms with E-state index in [1.54, 1.807) is 25.2 Å². The number of carbonyl (C=O) groups excluding carboxylic acids is 1. The fourth-order valence-corrected chi connectivity index (χ4v) is 4.19. The highest BCUT2D eigenvalue weighted by Crippen LogP contribution is 2.23. The third-order valence-corrected chi connectivity index (χ3v) is 6.31. The summed E-state index contributed by atoms with van der Waals surface area (Å²) in [6.45, 7) is 7.14. The van der Waals surface area contributed by atoms with Gasteiger partial charge in [-0.15, -0.1) is 0 Å². The van der Waals surface area contributed by atoms with Gasteiger partial charge in [0.1, 0.15) is 11.3 Å². The van der Waals surface area contributed by atoms with Gasteiger partial charge in [0.25, 0.3) is 15.9 Å². The SMILES string of the molecule is Cc1ccc2nc(C)c(C(=O)Nc3ccc(S(=O)(=O)Nc4onc(C)c4C)cc3)n2c1. The lowest BCUT2D eigenvalue weighted by atomic mass is 10.2. The van der Waals surface area contributed by atoms with Crippen LogP contribution in [-0.4, -0.2) is 28.9 Å². The van der Waals surface area contributed by atoms with E-state index in [2.05, 4.69) is 20.2 Å². The highest BCUT2D eigenvalue weighted by atomic mass is 32.2. The molecule has 3 aromatic heterocycles. The van der Waals surface area contributed by atoms with Gasteiger partial charge in [-0.05, 0) is 63.6 Å². The standard InChI is InChI=1S/C21H21N5O4S/c1-12-5-10-18-22-15(4)19(26(18)11-12)20(27)23-16-6-8-17(9-7-16)31(28,29)25-21-13(2)14(3)24-30-21/h5-11,25H,1-4H3,(H,23,27). The van der Waals surface area contributed by atoms with Crippen molar-refractivity contribution in [2.75, 3.05) is 10.0 Å². The van der Waals surface area contributed by atoms with Gasteiger partial charge in [-0.1, -0.05) is 11.2 Å². The largest absolute Gasteiger partial charge is 0.337 e. The van der Waals surface area contributed by atoms with Crippen LogP contribution in [0.2, 0.25) is 0 Å². The van der Waals surface area contributed by atoms with Crippen LogP contribution in [0.4, 0.5) is 11.6 Å². The number of pyridine rings is 1. The molecule has 0 spiro atoms. The number of aryl methyl sites for hydroxylation is 3. The molecule has 0 atom stereocenters. The van der Waals surface area contributed by atoms with E-state index >= 15 is 0 Å². The molecule has 0 aliphatic carbocycles. The molecule has 31 heavy (non-hydrogen) atoms. The number of imidazole rings is 1. The summed E-state index contributed by atoms with van der Waals surface area (Å²) in [5.41, 5.74) is 4.38. The first-order valence-corrected chi connectivity index (χ1v) is 11.0. The Hall–Kier alpha value is -3.66. The molecule has 4 aromatic rings. The third kappa shape index (κ3) is 3.89. The molecule has 0 saturated heterocycles. The van der Waals surface area contributed by atoms with E-state index in [1.807, 2.05) is 25.3 Å². The summed E-state index contributed by atoms with van der Waals surface area (Å²) in [6, 6.07) is 9.63. The first-order valence-electron chi connectivity index (χ1n) is 9.48. The molecule has 3 heterocycles. The van der Waals surface area contributed by atoms with Crippen molar-refractivity contribution in [1.29, 1.82) is 0 Å². The molecule has 4 rings (SSSR count). The molecule has 2 N–H and O–H groups in total. The van der Waals surface area contributed by atoms with Crippen LogP contribution in [0.15, 0.2) is 52.0 Å². The van der Waals surface area contributed by atoms with E-state index in [0.717, 1.165) is 5.56 Å². The second-order valence-electron chi connectivity index (χ2n) is 7.29. The van der Waals surface area contributed by atoms with Crippen molar-refractivity contribution >= 4 is 33.1 Å². The number of hydrogen-bond donors (Lipinski definition) is 2. The number of fused-ring (bicyclic) bond motifs is 1. The Morgan fingerprint density at radius 3 is 2.35 bits per heavy atom. The summed E-state index contributed by atoms with van der Waals surface area (Å²) in [5, 5.41) is 6.54. The molecule has 0 fully saturated rings. The van der Waals surface area contributed by atoms with Crippen molar-refractivity contribution < 1.29 is 17.7 Å². The number of carbonyl (C=O) groups is 1. The van der Waals surface area contributed by atoms with Crippen LogP contribution in [0.25, 0.3) is 5.65 Å². The zero-order valence-electron chi connectivity index (χ0n) is 17.4. The fraction of sp³-hybridized carbons (Fsp3) is 0.190. The van der Waals surface area contributed by atoms with E-state index in [4.69, 9.17) is 4.52 Å². The molecule has 0 radical (unpaired) electrons. The second-order valence-corrected chi connectivity index (χ2v) is 8.97. The minimum atomic E-state index is -3.86. The Morgan fingerprint density at radius 2 is 1.71 bits per heavy atom. The number of rotatable bonds is 5. The monoisotopic (exact) mass is 439 g/mol. The summed E-state index contributed by atoms with van der Waals surface area (Å²) >= 11 is 0. The number of amides is 1. The molecule has 160 valence electrons. The van der Waals surface area contributed by atoms with E-state index in [1.165, 1.54) is 24.3 Å². The lowest BCUT2D eigenvalue weighted by Crippen LogP contribution is -2.16. The Balaban J connectivity index is 1.55. The van der Waals surface area contributed by atoms with E-state index in [0.29, 0.717) is 34.0 Å². The Labute approximate surface area is 179 Å². The quantitative estimate of drug-likeness (QED) is 0.490. The normalized spacial score (nSPS) is 11.6. The molecule has 10 heteroatoms. The van der Waals surface area contributed by atoms with Gasteiger partial charge in [0.2, 0.25) is 5.88 Å². The number of anilines is 2. The average molecular weight is 439 g/mol. The van der Waals surface area contributed by atoms with Gasteiger partial charge in [-0.2, -0.15) is 0 Å². The Morgan fingerprint density at radius 1 is 1.00 bits per heavy atom. The minimum Gasteiger partial charge on any atom is -0.337 e. The van der Waals surface area contributed by atoms with Crippen LogP contribution in [0.3, 0.4) is 0 Å². The molecule has 0 saturated carbocycles. The highest BCUT2D eigenvalue weighted by molar-refractivity contribution is 7.92. The zero-order valence-corrected chi connectivity index (χ0v) is 18.2. The van der Waals surface area contributed by atoms with Gasteiger partial charge in [0, 0.05) is 17.4 Å². The molecular formula is C21H21N5O4S. The maximum atomic E-state index is 12.9. The molecule has 0 aliphatic heterocycles. The number of hydrogen-bond acceptors (Lipinski definition) is 6. The van der Waals surface area contributed by atoms with E-state index < -0.39 is 10.0 Å². The summed E-state index contributed by atoms with van der Waals surface area (Å²) in [4.78, 5) is 17.3. The number of nitrogens with one attached hydrogen (secondary N) is 2. The van der Waals surface area contributed by atoms with Gasteiger partial charge < -0.3 is 9.84 Å². The Bertz CT molecular complexity index is 1400. The van der Waals surface area contributed by atoms with Gasteiger partial charge >= 0.3 is 0 Å². The van der Waals surface area contributed by atoms with Gasteiger partial charge in [0.05, 0.1) is 16.3 Å². The van der Waals surface area contributed by atoms with E-state index in [-0.39, 0.29) is 16.7 Å². The second kappa shape index (κ2) is 7.55. The van der Waals surface area contributed by atoms with Crippen molar-refractivity contribution in [1.82, 2.24) is 14.5 Å². The number of sulfonamides is 1. The number of nitrogens with zero attached hydrogens (tertiary/aromatic N) is 3. The molecule has 9 nitrogen and oxygen atoms in total.